The van der Waals surface area contributed by atoms with Crippen LogP contribution in [-0.2, 0) is 0 Å². The molecule has 4 nitrogen and oxygen atoms in total. The molecule has 1 unspecified atom stereocenters. The highest BCUT2D eigenvalue weighted by Crippen LogP contribution is 2.26. The van der Waals surface area contributed by atoms with E-state index >= 15 is 0 Å². The van der Waals surface area contributed by atoms with Gasteiger partial charge in [-0.25, -0.2) is 0 Å². The van der Waals surface area contributed by atoms with Crippen molar-refractivity contribution >= 4 is 23.2 Å². The van der Waals surface area contributed by atoms with Gasteiger partial charge >= 0.3 is 0 Å². The third-order valence-electron chi connectivity index (χ3n) is 3.05. The summed E-state index contributed by atoms with van der Waals surface area (Å²) in [6.07, 6.45) is 0. The predicted octanol–water partition coefficient (Wildman–Crippen LogP) is 2.61. The SMILES string of the molecule is CC(Nc1cc(C(=O)N(C)C)ccc1Cl)C(C)(C)O. The van der Waals surface area contributed by atoms with E-state index in [0.29, 0.717) is 16.3 Å². The molecule has 0 fully saturated rings. The Morgan fingerprint density at radius 2 is 2.00 bits per heavy atom. The first kappa shape index (κ1) is 15.8. The highest BCUT2D eigenvalue weighted by atomic mass is 35.5. The molecule has 1 amide bonds. The van der Waals surface area contributed by atoms with E-state index in [4.69, 9.17) is 11.6 Å². The molecule has 0 aliphatic rings. The van der Waals surface area contributed by atoms with Crippen LogP contribution in [0.25, 0.3) is 0 Å². The maximum absolute atomic E-state index is 11.9. The minimum Gasteiger partial charge on any atom is -0.388 e. The van der Waals surface area contributed by atoms with Crippen LogP contribution in [0.5, 0.6) is 0 Å². The Hall–Kier alpha value is -1.26. The van der Waals surface area contributed by atoms with Gasteiger partial charge in [0.25, 0.3) is 5.91 Å². The van der Waals surface area contributed by atoms with Gasteiger partial charge in [-0.15, -0.1) is 0 Å². The highest BCUT2D eigenvalue weighted by molar-refractivity contribution is 6.33. The molecule has 0 radical (unpaired) electrons. The number of aliphatic hydroxyl groups is 1. The summed E-state index contributed by atoms with van der Waals surface area (Å²) in [5, 5.41) is 13.6. The van der Waals surface area contributed by atoms with Gasteiger partial charge in [-0.3, -0.25) is 4.79 Å². The van der Waals surface area contributed by atoms with Crippen molar-refractivity contribution in [3.8, 4) is 0 Å². The number of nitrogens with one attached hydrogen (secondary N) is 1. The Bertz CT molecular complexity index is 467. The average molecular weight is 285 g/mol. The Balaban J connectivity index is 3.02. The molecule has 0 aromatic heterocycles. The van der Waals surface area contributed by atoms with Gasteiger partial charge in [-0.1, -0.05) is 11.6 Å². The number of hydrogen-bond acceptors (Lipinski definition) is 3. The number of carbonyl (C=O) groups excluding carboxylic acids is 1. The summed E-state index contributed by atoms with van der Waals surface area (Å²) in [5.74, 6) is -0.0874. The number of nitrogens with zero attached hydrogens (tertiary/aromatic N) is 1. The quantitative estimate of drug-likeness (QED) is 0.894. The summed E-state index contributed by atoms with van der Waals surface area (Å²) >= 11 is 6.11. The van der Waals surface area contributed by atoms with Crippen molar-refractivity contribution in [2.75, 3.05) is 19.4 Å². The first-order chi connectivity index (χ1) is 8.62. The van der Waals surface area contributed by atoms with E-state index in [0.717, 1.165) is 0 Å². The van der Waals surface area contributed by atoms with Crippen molar-refractivity contribution in [1.29, 1.82) is 0 Å². The monoisotopic (exact) mass is 284 g/mol. The fraction of sp³-hybridized carbons (Fsp3) is 0.500. The molecule has 0 bridgehead atoms. The summed E-state index contributed by atoms with van der Waals surface area (Å²) < 4.78 is 0. The molecule has 1 atom stereocenters. The van der Waals surface area contributed by atoms with Crippen molar-refractivity contribution in [3.63, 3.8) is 0 Å². The number of rotatable bonds is 4. The second-order valence-electron chi connectivity index (χ2n) is 5.41. The van der Waals surface area contributed by atoms with Gasteiger partial charge in [0.1, 0.15) is 0 Å². The minimum atomic E-state index is -0.884. The summed E-state index contributed by atoms with van der Waals surface area (Å²) in [7, 11) is 3.40. The van der Waals surface area contributed by atoms with E-state index in [1.54, 1.807) is 46.1 Å². The maximum Gasteiger partial charge on any atom is 0.253 e. The first-order valence-corrected chi connectivity index (χ1v) is 6.51. The fourth-order valence-electron chi connectivity index (χ4n) is 1.44. The van der Waals surface area contributed by atoms with Crippen molar-refractivity contribution in [3.05, 3.63) is 28.8 Å². The zero-order valence-electron chi connectivity index (χ0n) is 12.0. The molecule has 5 heteroatoms. The standard InChI is InChI=1S/C14H21ClN2O2/c1-9(14(2,3)19)16-12-8-10(6-7-11(12)15)13(18)17(4)5/h6-9,16,19H,1-5H3. The lowest BCUT2D eigenvalue weighted by molar-refractivity contribution is 0.0649. The molecule has 0 aliphatic carbocycles. The number of anilines is 1. The molecular weight excluding hydrogens is 264 g/mol. The van der Waals surface area contributed by atoms with Gasteiger partial charge in [-0.2, -0.15) is 0 Å². The molecule has 0 aliphatic heterocycles. The van der Waals surface area contributed by atoms with Crippen molar-refractivity contribution in [2.24, 2.45) is 0 Å². The van der Waals surface area contributed by atoms with Crippen LogP contribution in [0.1, 0.15) is 31.1 Å². The second-order valence-corrected chi connectivity index (χ2v) is 5.82. The summed E-state index contributed by atoms with van der Waals surface area (Å²) in [6, 6.07) is 4.87. The van der Waals surface area contributed by atoms with E-state index in [1.165, 1.54) is 4.90 Å². The van der Waals surface area contributed by atoms with Gasteiger partial charge in [-0.05, 0) is 39.0 Å². The van der Waals surface area contributed by atoms with Gasteiger partial charge in [0, 0.05) is 19.7 Å². The second kappa shape index (κ2) is 5.80. The summed E-state index contributed by atoms with van der Waals surface area (Å²) in [6.45, 7) is 5.29. The van der Waals surface area contributed by atoms with Crippen molar-refractivity contribution < 1.29 is 9.90 Å². The fourth-order valence-corrected chi connectivity index (χ4v) is 1.61. The molecule has 0 saturated heterocycles. The number of hydrogen-bond donors (Lipinski definition) is 2. The molecule has 0 heterocycles. The number of halogens is 1. The van der Waals surface area contributed by atoms with Crippen LogP contribution in [-0.4, -0.2) is 41.7 Å². The Morgan fingerprint density at radius 3 is 2.47 bits per heavy atom. The first-order valence-electron chi connectivity index (χ1n) is 6.13. The Morgan fingerprint density at radius 1 is 1.42 bits per heavy atom. The molecule has 2 N–H and O–H groups in total. The summed E-state index contributed by atoms with van der Waals surface area (Å²) in [5.41, 5.74) is 0.314. The van der Waals surface area contributed by atoms with Crippen LogP contribution in [0.3, 0.4) is 0 Å². The van der Waals surface area contributed by atoms with E-state index in [9.17, 15) is 9.90 Å². The molecule has 0 spiro atoms. The van der Waals surface area contributed by atoms with E-state index in [1.807, 2.05) is 6.92 Å². The van der Waals surface area contributed by atoms with Gasteiger partial charge in [0.2, 0.25) is 0 Å². The smallest absolute Gasteiger partial charge is 0.253 e. The predicted molar refractivity (Wildman–Crippen MR) is 78.9 cm³/mol. The van der Waals surface area contributed by atoms with Crippen LogP contribution < -0.4 is 5.32 Å². The lowest BCUT2D eigenvalue weighted by Gasteiger charge is -2.28. The lowest BCUT2D eigenvalue weighted by Crippen LogP contribution is -2.39. The lowest BCUT2D eigenvalue weighted by atomic mass is 10.0. The molecular formula is C14H21ClN2O2. The molecule has 0 saturated carbocycles. The Labute approximate surface area is 119 Å². The topological polar surface area (TPSA) is 52.6 Å². The van der Waals surface area contributed by atoms with Gasteiger partial charge in [0.05, 0.1) is 22.4 Å². The van der Waals surface area contributed by atoms with Crippen molar-refractivity contribution in [2.45, 2.75) is 32.4 Å². The largest absolute Gasteiger partial charge is 0.388 e. The zero-order chi connectivity index (χ0) is 14.8. The zero-order valence-corrected chi connectivity index (χ0v) is 12.7. The normalized spacial score (nSPS) is 13.0. The van der Waals surface area contributed by atoms with E-state index in [-0.39, 0.29) is 11.9 Å². The van der Waals surface area contributed by atoms with Crippen LogP contribution >= 0.6 is 11.6 Å². The number of benzene rings is 1. The molecule has 19 heavy (non-hydrogen) atoms. The van der Waals surface area contributed by atoms with E-state index < -0.39 is 5.60 Å². The number of amides is 1. The van der Waals surface area contributed by atoms with Crippen LogP contribution in [0.4, 0.5) is 5.69 Å². The van der Waals surface area contributed by atoms with Gasteiger partial charge < -0.3 is 15.3 Å². The minimum absolute atomic E-state index is 0.0874. The van der Waals surface area contributed by atoms with Crippen molar-refractivity contribution in [1.82, 2.24) is 4.90 Å². The van der Waals surface area contributed by atoms with Gasteiger partial charge in [0.15, 0.2) is 0 Å². The summed E-state index contributed by atoms with van der Waals surface area (Å²) in [4.78, 5) is 13.4. The molecule has 1 aromatic rings. The third kappa shape index (κ3) is 4.11. The van der Waals surface area contributed by atoms with Crippen LogP contribution in [0, 0.1) is 0 Å². The van der Waals surface area contributed by atoms with Crippen LogP contribution in [0.15, 0.2) is 18.2 Å². The third-order valence-corrected chi connectivity index (χ3v) is 3.38. The van der Waals surface area contributed by atoms with Crippen LogP contribution in [0.2, 0.25) is 5.02 Å². The number of carbonyl (C=O) groups is 1. The molecule has 106 valence electrons. The highest BCUT2D eigenvalue weighted by Gasteiger charge is 2.23. The Kier molecular flexibility index (Phi) is 4.82. The molecule has 1 rings (SSSR count). The average Bonchev–Trinajstić information content (AvgIpc) is 2.29. The molecule has 1 aromatic carbocycles. The van der Waals surface area contributed by atoms with E-state index in [2.05, 4.69) is 5.32 Å². The maximum atomic E-state index is 11.9.